The summed E-state index contributed by atoms with van der Waals surface area (Å²) >= 11 is 0. The van der Waals surface area contributed by atoms with E-state index in [1.54, 1.807) is 19.1 Å². The fraction of sp³-hybridized carbons (Fsp3) is 0.429. The molecule has 1 aliphatic rings. The van der Waals surface area contributed by atoms with E-state index < -0.39 is 23.5 Å². The highest BCUT2D eigenvalue weighted by molar-refractivity contribution is 6.15. The van der Waals surface area contributed by atoms with Crippen molar-refractivity contribution in [2.24, 2.45) is 0 Å². The zero-order chi connectivity index (χ0) is 14.9. The van der Waals surface area contributed by atoms with E-state index in [4.69, 9.17) is 4.74 Å². The van der Waals surface area contributed by atoms with E-state index in [0.717, 1.165) is 5.56 Å². The van der Waals surface area contributed by atoms with Gasteiger partial charge in [0.05, 0.1) is 11.8 Å². The van der Waals surface area contributed by atoms with E-state index >= 15 is 0 Å². The summed E-state index contributed by atoms with van der Waals surface area (Å²) in [5.74, 6) is -0.661. The predicted octanol–water partition coefficient (Wildman–Crippen LogP) is 0.582. The Bertz CT molecular complexity index is 556. The fourth-order valence-electron chi connectivity index (χ4n) is 1.90. The van der Waals surface area contributed by atoms with Gasteiger partial charge < -0.3 is 20.5 Å². The quantitative estimate of drug-likeness (QED) is 0.706. The van der Waals surface area contributed by atoms with Gasteiger partial charge in [0.25, 0.3) is 17.4 Å². The summed E-state index contributed by atoms with van der Waals surface area (Å²) in [6.07, 6.45) is -0.691. The van der Waals surface area contributed by atoms with Crippen molar-refractivity contribution < 1.29 is 19.4 Å². The number of hydrogen-bond acceptors (Lipinski definition) is 4. The molecule has 1 heterocycles. The average molecular weight is 278 g/mol. The highest BCUT2D eigenvalue weighted by atomic mass is 16.5. The van der Waals surface area contributed by atoms with E-state index in [9.17, 15) is 14.7 Å². The number of aliphatic hydroxyl groups excluding tert-OH is 1. The van der Waals surface area contributed by atoms with Crippen LogP contribution in [0.25, 0.3) is 0 Å². The summed E-state index contributed by atoms with van der Waals surface area (Å²) in [4.78, 5) is 24.2. The highest BCUT2D eigenvalue weighted by Crippen LogP contribution is 2.34. The van der Waals surface area contributed by atoms with Crippen molar-refractivity contribution in [3.05, 3.63) is 23.8 Å². The molecular weight excluding hydrogens is 260 g/mol. The maximum atomic E-state index is 12.1. The third-order valence-electron chi connectivity index (χ3n) is 3.12. The third kappa shape index (κ3) is 2.60. The summed E-state index contributed by atoms with van der Waals surface area (Å²) in [5.41, 5.74) is -0.109. The van der Waals surface area contributed by atoms with Crippen LogP contribution in [0.1, 0.15) is 19.4 Å². The number of amides is 2. The molecule has 0 radical (unpaired) electrons. The van der Waals surface area contributed by atoms with Crippen molar-refractivity contribution in [3.63, 3.8) is 0 Å². The second-order valence-electron chi connectivity index (χ2n) is 5.15. The summed E-state index contributed by atoms with van der Waals surface area (Å²) < 4.78 is 5.58. The van der Waals surface area contributed by atoms with Crippen LogP contribution in [0.4, 0.5) is 5.69 Å². The Labute approximate surface area is 117 Å². The largest absolute Gasteiger partial charge is 0.466 e. The lowest BCUT2D eigenvalue weighted by Crippen LogP contribution is -2.59. The van der Waals surface area contributed by atoms with Gasteiger partial charge in [-0.1, -0.05) is 6.07 Å². The molecule has 0 aliphatic carbocycles. The van der Waals surface area contributed by atoms with Crippen molar-refractivity contribution in [1.82, 2.24) is 5.32 Å². The first kappa shape index (κ1) is 14.3. The van der Waals surface area contributed by atoms with E-state index in [-0.39, 0.29) is 6.54 Å². The number of aryl methyl sites for hydroxylation is 1. The molecule has 0 fully saturated rings. The van der Waals surface area contributed by atoms with Crippen LogP contribution in [0, 0.1) is 6.92 Å². The number of anilines is 1. The molecule has 0 bridgehead atoms. The number of carbonyl (C=O) groups is 2. The third-order valence-corrected chi connectivity index (χ3v) is 3.12. The van der Waals surface area contributed by atoms with Crippen LogP contribution < -0.4 is 15.4 Å². The van der Waals surface area contributed by atoms with Gasteiger partial charge in [-0.2, -0.15) is 0 Å². The number of hydrogen-bond donors (Lipinski definition) is 3. The van der Waals surface area contributed by atoms with Crippen LogP contribution in [0.3, 0.4) is 0 Å². The first-order valence-corrected chi connectivity index (χ1v) is 6.40. The number of aliphatic hydroxyl groups is 1. The smallest absolute Gasteiger partial charge is 0.278 e. The maximum Gasteiger partial charge on any atom is 0.278 e. The van der Waals surface area contributed by atoms with E-state index in [2.05, 4.69) is 10.6 Å². The molecular formula is C14H18N2O4. The van der Waals surface area contributed by atoms with Crippen LogP contribution in [-0.4, -0.2) is 35.2 Å². The Balaban J connectivity index is 2.23. The van der Waals surface area contributed by atoms with Gasteiger partial charge in [-0.3, -0.25) is 9.59 Å². The molecule has 1 aliphatic heterocycles. The minimum Gasteiger partial charge on any atom is -0.466 e. The Morgan fingerprint density at radius 1 is 1.55 bits per heavy atom. The molecule has 0 aromatic heterocycles. The normalized spacial score (nSPS) is 22.3. The second kappa shape index (κ2) is 5.13. The first-order chi connectivity index (χ1) is 9.33. The Morgan fingerprint density at radius 2 is 2.25 bits per heavy atom. The maximum absolute atomic E-state index is 12.1. The lowest BCUT2D eigenvalue weighted by atomic mass is 10.0. The molecule has 2 atom stereocenters. The summed E-state index contributed by atoms with van der Waals surface area (Å²) in [6.45, 7) is 4.91. The van der Waals surface area contributed by atoms with Crippen molar-refractivity contribution in [2.45, 2.75) is 32.5 Å². The van der Waals surface area contributed by atoms with Gasteiger partial charge in [-0.15, -0.1) is 0 Å². The van der Waals surface area contributed by atoms with Gasteiger partial charge in [0.15, 0.2) is 0 Å². The molecule has 0 spiro atoms. The average Bonchev–Trinajstić information content (AvgIpc) is 2.37. The topological polar surface area (TPSA) is 87.7 Å². The van der Waals surface area contributed by atoms with Gasteiger partial charge in [0, 0.05) is 6.54 Å². The van der Waals surface area contributed by atoms with Crippen molar-refractivity contribution >= 4 is 17.5 Å². The Morgan fingerprint density at radius 3 is 2.90 bits per heavy atom. The Kier molecular flexibility index (Phi) is 3.67. The van der Waals surface area contributed by atoms with Crippen LogP contribution in [-0.2, 0) is 9.59 Å². The van der Waals surface area contributed by atoms with Crippen LogP contribution in [0.5, 0.6) is 5.75 Å². The fourth-order valence-corrected chi connectivity index (χ4v) is 1.90. The molecule has 2 rings (SSSR count). The second-order valence-corrected chi connectivity index (χ2v) is 5.15. The van der Waals surface area contributed by atoms with Crippen molar-refractivity contribution in [2.75, 3.05) is 11.9 Å². The van der Waals surface area contributed by atoms with E-state index in [0.29, 0.717) is 11.4 Å². The molecule has 2 unspecified atom stereocenters. The zero-order valence-corrected chi connectivity index (χ0v) is 11.7. The van der Waals surface area contributed by atoms with E-state index in [1.807, 2.05) is 13.0 Å². The molecule has 1 aromatic carbocycles. The Hall–Kier alpha value is -2.08. The summed E-state index contributed by atoms with van der Waals surface area (Å²) in [6, 6.07) is 5.33. The van der Waals surface area contributed by atoms with Gasteiger partial charge >= 0.3 is 0 Å². The predicted molar refractivity (Wildman–Crippen MR) is 73.5 cm³/mol. The standard InChI is InChI=1S/C14H18N2O4/c1-8-4-5-11-10(6-8)16-13(19)14(3,20-11)12(18)15-7-9(2)17/h4-6,9,17H,7H2,1-3H3,(H,15,18)(H,16,19). The molecule has 2 amide bonds. The molecule has 1 aromatic rings. The lowest BCUT2D eigenvalue weighted by molar-refractivity contribution is -0.146. The number of rotatable bonds is 3. The molecule has 6 heteroatoms. The van der Waals surface area contributed by atoms with Crippen molar-refractivity contribution in [1.29, 1.82) is 0 Å². The number of benzene rings is 1. The SMILES string of the molecule is Cc1ccc2c(c1)NC(=O)C(C)(C(=O)NCC(C)O)O2. The molecule has 6 nitrogen and oxygen atoms in total. The molecule has 0 saturated heterocycles. The van der Waals surface area contributed by atoms with Gasteiger partial charge in [-0.05, 0) is 38.5 Å². The zero-order valence-electron chi connectivity index (χ0n) is 11.7. The highest BCUT2D eigenvalue weighted by Gasteiger charge is 2.47. The van der Waals surface area contributed by atoms with Gasteiger partial charge in [0.2, 0.25) is 0 Å². The molecule has 20 heavy (non-hydrogen) atoms. The monoisotopic (exact) mass is 278 g/mol. The first-order valence-electron chi connectivity index (χ1n) is 6.40. The minimum absolute atomic E-state index is 0.0613. The minimum atomic E-state index is -1.64. The van der Waals surface area contributed by atoms with E-state index in [1.165, 1.54) is 6.92 Å². The number of carbonyl (C=O) groups excluding carboxylic acids is 2. The number of nitrogens with one attached hydrogen (secondary N) is 2. The molecule has 108 valence electrons. The number of fused-ring (bicyclic) bond motifs is 1. The lowest BCUT2D eigenvalue weighted by Gasteiger charge is -2.33. The van der Waals surface area contributed by atoms with Crippen LogP contribution in [0.2, 0.25) is 0 Å². The van der Waals surface area contributed by atoms with Crippen LogP contribution >= 0.6 is 0 Å². The van der Waals surface area contributed by atoms with Crippen LogP contribution in [0.15, 0.2) is 18.2 Å². The number of ether oxygens (including phenoxy) is 1. The summed E-state index contributed by atoms with van der Waals surface area (Å²) in [7, 11) is 0. The van der Waals surface area contributed by atoms with Gasteiger partial charge in [0.1, 0.15) is 5.75 Å². The van der Waals surface area contributed by atoms with Gasteiger partial charge in [-0.25, -0.2) is 0 Å². The molecule has 3 N–H and O–H groups in total. The van der Waals surface area contributed by atoms with Crippen molar-refractivity contribution in [3.8, 4) is 5.75 Å². The summed E-state index contributed by atoms with van der Waals surface area (Å²) in [5, 5.41) is 14.3. The molecule has 0 saturated carbocycles.